The topological polar surface area (TPSA) is 39.1 Å². The molecule has 3 nitrogen and oxygen atoms in total. The molecule has 0 radical (unpaired) electrons. The van der Waals surface area contributed by atoms with E-state index in [0.717, 1.165) is 29.9 Å². The Labute approximate surface area is 104 Å². The Morgan fingerprint density at radius 1 is 1.41 bits per heavy atom. The first-order valence-corrected chi connectivity index (χ1v) is 5.99. The lowest BCUT2D eigenvalue weighted by atomic mass is 10.1. The van der Waals surface area contributed by atoms with Crippen LogP contribution in [0.15, 0.2) is 18.2 Å². The van der Waals surface area contributed by atoms with E-state index in [-0.39, 0.29) is 0 Å². The van der Waals surface area contributed by atoms with Gasteiger partial charge in [0, 0.05) is 24.8 Å². The number of nitriles is 1. The second kappa shape index (κ2) is 6.27. The van der Waals surface area contributed by atoms with Crippen LogP contribution in [0.4, 0.5) is 5.69 Å². The zero-order valence-corrected chi connectivity index (χ0v) is 11.1. The summed E-state index contributed by atoms with van der Waals surface area (Å²) in [4.78, 5) is 2.30. The molecule has 0 aliphatic rings. The largest absolute Gasteiger partial charge is 0.384 e. The molecule has 1 rings (SSSR count). The molecule has 0 aromatic heterocycles. The number of aryl methyl sites for hydroxylation is 1. The quantitative estimate of drug-likeness (QED) is 0.846. The van der Waals surface area contributed by atoms with Gasteiger partial charge in [-0.05, 0) is 51.6 Å². The highest BCUT2D eigenvalue weighted by Crippen LogP contribution is 2.13. The second-order valence-electron chi connectivity index (χ2n) is 4.64. The number of rotatable bonds is 5. The van der Waals surface area contributed by atoms with Gasteiger partial charge in [-0.15, -0.1) is 0 Å². The van der Waals surface area contributed by atoms with Crippen LogP contribution in [-0.2, 0) is 0 Å². The first-order valence-electron chi connectivity index (χ1n) is 5.99. The molecule has 17 heavy (non-hydrogen) atoms. The normalized spacial score (nSPS) is 10.6. The Kier molecular flexibility index (Phi) is 4.99. The lowest BCUT2D eigenvalue weighted by Crippen LogP contribution is -2.31. The van der Waals surface area contributed by atoms with Crippen molar-refractivity contribution in [3.05, 3.63) is 29.3 Å². The van der Waals surface area contributed by atoms with Gasteiger partial charge in [0.25, 0.3) is 0 Å². The molecule has 0 heterocycles. The van der Waals surface area contributed by atoms with E-state index >= 15 is 0 Å². The summed E-state index contributed by atoms with van der Waals surface area (Å²) in [5.74, 6) is 0. The zero-order valence-electron chi connectivity index (χ0n) is 11.1. The maximum absolute atomic E-state index is 8.84. The molecule has 92 valence electrons. The summed E-state index contributed by atoms with van der Waals surface area (Å²) in [5, 5.41) is 12.2. The van der Waals surface area contributed by atoms with Crippen molar-refractivity contribution in [1.82, 2.24) is 4.90 Å². The van der Waals surface area contributed by atoms with Crippen molar-refractivity contribution in [2.24, 2.45) is 0 Å². The molecule has 0 fully saturated rings. The molecular formula is C14H21N3. The molecule has 0 spiro atoms. The number of benzene rings is 1. The summed E-state index contributed by atoms with van der Waals surface area (Å²) in [6.45, 7) is 8.26. The van der Waals surface area contributed by atoms with E-state index in [1.807, 2.05) is 25.1 Å². The Hall–Kier alpha value is -1.53. The smallest absolute Gasteiger partial charge is 0.0994 e. The van der Waals surface area contributed by atoms with Crippen LogP contribution in [0.5, 0.6) is 0 Å². The monoisotopic (exact) mass is 231 g/mol. The highest BCUT2D eigenvalue weighted by molar-refractivity contribution is 5.51. The van der Waals surface area contributed by atoms with Crippen molar-refractivity contribution >= 4 is 5.69 Å². The standard InChI is InChI=1S/C14H21N3/c1-11(2)17(4)8-7-16-14-6-5-13(10-15)12(3)9-14/h5-6,9,11,16H,7-8H2,1-4H3. The van der Waals surface area contributed by atoms with Gasteiger partial charge in [0.05, 0.1) is 11.6 Å². The Balaban J connectivity index is 2.48. The van der Waals surface area contributed by atoms with Gasteiger partial charge in [0.2, 0.25) is 0 Å². The number of nitrogens with one attached hydrogen (secondary N) is 1. The van der Waals surface area contributed by atoms with Gasteiger partial charge in [0.1, 0.15) is 0 Å². The molecule has 0 atom stereocenters. The van der Waals surface area contributed by atoms with E-state index in [1.165, 1.54) is 0 Å². The van der Waals surface area contributed by atoms with Crippen molar-refractivity contribution in [3.63, 3.8) is 0 Å². The minimum absolute atomic E-state index is 0.569. The van der Waals surface area contributed by atoms with Crippen molar-refractivity contribution in [2.75, 3.05) is 25.5 Å². The Morgan fingerprint density at radius 3 is 2.65 bits per heavy atom. The summed E-state index contributed by atoms with van der Waals surface area (Å²) in [7, 11) is 2.12. The third kappa shape index (κ3) is 4.08. The lowest BCUT2D eigenvalue weighted by molar-refractivity contribution is 0.284. The highest BCUT2D eigenvalue weighted by Gasteiger charge is 2.02. The molecule has 0 unspecified atom stereocenters. The van der Waals surface area contributed by atoms with Crippen molar-refractivity contribution in [3.8, 4) is 6.07 Å². The summed E-state index contributed by atoms with van der Waals surface area (Å²) < 4.78 is 0. The fraction of sp³-hybridized carbons (Fsp3) is 0.500. The molecule has 0 bridgehead atoms. The number of anilines is 1. The summed E-state index contributed by atoms with van der Waals surface area (Å²) in [6.07, 6.45) is 0. The van der Waals surface area contributed by atoms with Crippen molar-refractivity contribution in [1.29, 1.82) is 5.26 Å². The Morgan fingerprint density at radius 2 is 2.12 bits per heavy atom. The van der Waals surface area contributed by atoms with E-state index in [1.54, 1.807) is 0 Å². The van der Waals surface area contributed by atoms with Gasteiger partial charge < -0.3 is 10.2 Å². The van der Waals surface area contributed by atoms with Crippen molar-refractivity contribution in [2.45, 2.75) is 26.8 Å². The molecule has 0 aliphatic heterocycles. The second-order valence-corrected chi connectivity index (χ2v) is 4.64. The van der Waals surface area contributed by atoms with Crippen LogP contribution in [0.25, 0.3) is 0 Å². The van der Waals surface area contributed by atoms with Crippen LogP contribution < -0.4 is 5.32 Å². The van der Waals surface area contributed by atoms with E-state index in [0.29, 0.717) is 6.04 Å². The van der Waals surface area contributed by atoms with Gasteiger partial charge in [-0.25, -0.2) is 0 Å². The van der Waals surface area contributed by atoms with Gasteiger partial charge in [0.15, 0.2) is 0 Å². The molecule has 0 aliphatic carbocycles. The van der Waals surface area contributed by atoms with Crippen LogP contribution in [0.3, 0.4) is 0 Å². The van der Waals surface area contributed by atoms with Crippen molar-refractivity contribution < 1.29 is 0 Å². The van der Waals surface area contributed by atoms with Gasteiger partial charge >= 0.3 is 0 Å². The van der Waals surface area contributed by atoms with E-state index in [2.05, 4.69) is 37.2 Å². The average Bonchev–Trinajstić information content (AvgIpc) is 2.29. The van der Waals surface area contributed by atoms with Crippen LogP contribution in [0, 0.1) is 18.3 Å². The molecular weight excluding hydrogens is 210 g/mol. The number of hydrogen-bond acceptors (Lipinski definition) is 3. The molecule has 1 aromatic rings. The third-order valence-electron chi connectivity index (χ3n) is 3.02. The Bertz CT molecular complexity index is 404. The number of likely N-dealkylation sites (N-methyl/N-ethyl adjacent to an activating group) is 1. The first kappa shape index (κ1) is 13.5. The van der Waals surface area contributed by atoms with Gasteiger partial charge in [-0.3, -0.25) is 0 Å². The van der Waals surface area contributed by atoms with E-state index in [4.69, 9.17) is 5.26 Å². The van der Waals surface area contributed by atoms with Crippen LogP contribution in [0.2, 0.25) is 0 Å². The number of nitrogens with zero attached hydrogens (tertiary/aromatic N) is 2. The fourth-order valence-corrected chi connectivity index (χ4v) is 1.53. The maximum Gasteiger partial charge on any atom is 0.0994 e. The van der Waals surface area contributed by atoms with E-state index < -0.39 is 0 Å². The molecule has 1 aromatic carbocycles. The van der Waals surface area contributed by atoms with Crippen LogP contribution in [-0.4, -0.2) is 31.1 Å². The third-order valence-corrected chi connectivity index (χ3v) is 3.02. The minimum atomic E-state index is 0.569. The molecule has 0 saturated heterocycles. The predicted molar refractivity (Wildman–Crippen MR) is 72.1 cm³/mol. The summed E-state index contributed by atoms with van der Waals surface area (Å²) in [6, 6.07) is 8.59. The molecule has 3 heteroatoms. The fourth-order valence-electron chi connectivity index (χ4n) is 1.53. The van der Waals surface area contributed by atoms with E-state index in [9.17, 15) is 0 Å². The molecule has 0 amide bonds. The highest BCUT2D eigenvalue weighted by atomic mass is 15.1. The summed E-state index contributed by atoms with van der Waals surface area (Å²) in [5.41, 5.74) is 2.85. The lowest BCUT2D eigenvalue weighted by Gasteiger charge is -2.21. The zero-order chi connectivity index (χ0) is 12.8. The van der Waals surface area contributed by atoms with Gasteiger partial charge in [-0.1, -0.05) is 0 Å². The predicted octanol–water partition coefficient (Wildman–Crippen LogP) is 2.62. The minimum Gasteiger partial charge on any atom is -0.384 e. The first-order chi connectivity index (χ1) is 8.04. The SMILES string of the molecule is Cc1cc(NCCN(C)C(C)C)ccc1C#N. The van der Waals surface area contributed by atoms with Crippen LogP contribution >= 0.6 is 0 Å². The van der Waals surface area contributed by atoms with Crippen LogP contribution in [0.1, 0.15) is 25.0 Å². The number of hydrogen-bond donors (Lipinski definition) is 1. The maximum atomic E-state index is 8.84. The molecule has 0 saturated carbocycles. The molecule has 1 N–H and O–H groups in total. The van der Waals surface area contributed by atoms with Gasteiger partial charge in [-0.2, -0.15) is 5.26 Å². The average molecular weight is 231 g/mol. The summed E-state index contributed by atoms with van der Waals surface area (Å²) >= 11 is 0.